The van der Waals surface area contributed by atoms with E-state index in [1.54, 1.807) is 32.9 Å². The zero-order chi connectivity index (χ0) is 15.9. The molecular weight excluding hydrogens is 315 g/mol. The van der Waals surface area contributed by atoms with Crippen molar-refractivity contribution in [3.63, 3.8) is 0 Å². The van der Waals surface area contributed by atoms with Gasteiger partial charge in [-0.3, -0.25) is 14.9 Å². The topological polar surface area (TPSA) is 66.5 Å². The zero-order valence-electron chi connectivity index (χ0n) is 11.7. The molecule has 5 nitrogen and oxygen atoms in total. The van der Waals surface area contributed by atoms with Gasteiger partial charge < -0.3 is 0 Å². The van der Waals surface area contributed by atoms with Gasteiger partial charge in [0.05, 0.1) is 15.7 Å². The van der Waals surface area contributed by atoms with E-state index >= 15 is 0 Å². The van der Waals surface area contributed by atoms with Crippen LogP contribution in [0.4, 0.5) is 10.5 Å². The highest BCUT2D eigenvalue weighted by Crippen LogP contribution is 2.38. The second-order valence-corrected chi connectivity index (χ2v) is 6.00. The number of nitrogens with one attached hydrogen (secondary N) is 1. The van der Waals surface area contributed by atoms with Crippen LogP contribution in [-0.4, -0.2) is 17.8 Å². The standard InChI is InChI=1S/C14H14Cl2N2O3/c1-6(2)9-12(19)17-14(21)18(13(9)20)11-8(15)5-4-7(3)10(11)16/h4-6,9H,1-3H3,(H,17,19,21). The van der Waals surface area contributed by atoms with Crippen LogP contribution in [0.15, 0.2) is 12.1 Å². The number of halogens is 2. The average Bonchev–Trinajstić information content (AvgIpc) is 2.37. The van der Waals surface area contributed by atoms with Crippen molar-refractivity contribution in [2.75, 3.05) is 4.90 Å². The maximum Gasteiger partial charge on any atom is 0.335 e. The summed E-state index contributed by atoms with van der Waals surface area (Å²) in [5.41, 5.74) is 0.786. The first-order chi connectivity index (χ1) is 9.75. The number of rotatable bonds is 2. The number of hydrogen-bond acceptors (Lipinski definition) is 3. The molecule has 0 saturated carbocycles. The number of hydrogen-bond donors (Lipinski definition) is 1. The number of nitrogens with zero attached hydrogens (tertiary/aromatic N) is 1. The second kappa shape index (κ2) is 5.66. The van der Waals surface area contributed by atoms with Crippen molar-refractivity contribution in [1.29, 1.82) is 0 Å². The molecule has 0 spiro atoms. The van der Waals surface area contributed by atoms with Gasteiger partial charge in [0, 0.05) is 0 Å². The Morgan fingerprint density at radius 3 is 2.38 bits per heavy atom. The maximum atomic E-state index is 12.5. The van der Waals surface area contributed by atoms with E-state index in [9.17, 15) is 14.4 Å². The van der Waals surface area contributed by atoms with Crippen LogP contribution in [0.3, 0.4) is 0 Å². The number of benzene rings is 1. The van der Waals surface area contributed by atoms with E-state index in [0.29, 0.717) is 5.56 Å². The SMILES string of the molecule is Cc1ccc(Cl)c(N2C(=O)NC(=O)C(C(C)C)C2=O)c1Cl. The Balaban J connectivity index is 2.57. The van der Waals surface area contributed by atoms with Crippen LogP contribution in [0.1, 0.15) is 19.4 Å². The predicted octanol–water partition coefficient (Wildman–Crippen LogP) is 3.16. The average molecular weight is 329 g/mol. The quantitative estimate of drug-likeness (QED) is 0.848. The molecule has 1 heterocycles. The molecule has 1 aromatic rings. The van der Waals surface area contributed by atoms with Crippen molar-refractivity contribution in [2.24, 2.45) is 11.8 Å². The molecule has 1 saturated heterocycles. The summed E-state index contributed by atoms with van der Waals surface area (Å²) in [7, 11) is 0. The summed E-state index contributed by atoms with van der Waals surface area (Å²) >= 11 is 12.3. The first-order valence-corrected chi connectivity index (χ1v) is 7.14. The summed E-state index contributed by atoms with van der Waals surface area (Å²) in [4.78, 5) is 37.3. The largest absolute Gasteiger partial charge is 0.335 e. The van der Waals surface area contributed by atoms with Crippen LogP contribution in [0, 0.1) is 18.8 Å². The van der Waals surface area contributed by atoms with Crippen LogP contribution in [-0.2, 0) is 9.59 Å². The molecule has 1 atom stereocenters. The molecule has 1 fully saturated rings. The third kappa shape index (κ3) is 2.63. The monoisotopic (exact) mass is 328 g/mol. The van der Waals surface area contributed by atoms with Gasteiger partial charge in [-0.25, -0.2) is 9.69 Å². The Labute approximate surface area is 132 Å². The number of amides is 4. The highest BCUT2D eigenvalue weighted by atomic mass is 35.5. The first-order valence-electron chi connectivity index (χ1n) is 6.39. The first kappa shape index (κ1) is 15.8. The molecule has 1 N–H and O–H groups in total. The van der Waals surface area contributed by atoms with E-state index in [2.05, 4.69) is 5.32 Å². The second-order valence-electron chi connectivity index (χ2n) is 5.22. The van der Waals surface area contributed by atoms with E-state index in [4.69, 9.17) is 23.2 Å². The molecule has 0 aliphatic carbocycles. The van der Waals surface area contributed by atoms with Crippen LogP contribution in [0.2, 0.25) is 10.0 Å². The van der Waals surface area contributed by atoms with Crippen LogP contribution in [0.25, 0.3) is 0 Å². The summed E-state index contributed by atoms with van der Waals surface area (Å²) in [6.07, 6.45) is 0. The Kier molecular flexibility index (Phi) is 4.25. The highest BCUT2D eigenvalue weighted by molar-refractivity contribution is 6.43. The molecule has 0 radical (unpaired) electrons. The fourth-order valence-corrected chi connectivity index (χ4v) is 2.78. The van der Waals surface area contributed by atoms with E-state index in [-0.39, 0.29) is 21.7 Å². The molecule has 2 rings (SSSR count). The van der Waals surface area contributed by atoms with Crippen molar-refractivity contribution in [2.45, 2.75) is 20.8 Å². The molecule has 1 aliphatic heterocycles. The van der Waals surface area contributed by atoms with E-state index < -0.39 is 23.8 Å². The number of anilines is 1. The summed E-state index contributed by atoms with van der Waals surface area (Å²) in [5, 5.41) is 2.56. The fraction of sp³-hybridized carbons (Fsp3) is 0.357. The highest BCUT2D eigenvalue weighted by Gasteiger charge is 2.44. The minimum atomic E-state index is -0.949. The molecular formula is C14H14Cl2N2O3. The molecule has 0 aromatic heterocycles. The van der Waals surface area contributed by atoms with E-state index in [0.717, 1.165) is 4.90 Å². The number of aryl methyl sites for hydroxylation is 1. The van der Waals surface area contributed by atoms with E-state index in [1.165, 1.54) is 0 Å². The molecule has 4 amide bonds. The fourth-order valence-electron chi connectivity index (χ4n) is 2.24. The number of imide groups is 2. The minimum Gasteiger partial charge on any atom is -0.277 e. The molecule has 7 heteroatoms. The number of barbiturate groups is 1. The van der Waals surface area contributed by atoms with Gasteiger partial charge in [-0.2, -0.15) is 0 Å². The third-order valence-electron chi connectivity index (χ3n) is 3.35. The molecule has 1 unspecified atom stereocenters. The lowest BCUT2D eigenvalue weighted by atomic mass is 9.91. The number of urea groups is 1. The van der Waals surface area contributed by atoms with Crippen LogP contribution < -0.4 is 10.2 Å². The third-order valence-corrected chi connectivity index (χ3v) is 4.13. The van der Waals surface area contributed by atoms with Gasteiger partial charge in [0.25, 0.3) is 0 Å². The van der Waals surface area contributed by atoms with Gasteiger partial charge in [-0.05, 0) is 24.5 Å². The lowest BCUT2D eigenvalue weighted by Gasteiger charge is -2.32. The van der Waals surface area contributed by atoms with Gasteiger partial charge in [0.2, 0.25) is 11.8 Å². The van der Waals surface area contributed by atoms with Crippen molar-refractivity contribution in [1.82, 2.24) is 5.32 Å². The Morgan fingerprint density at radius 1 is 1.19 bits per heavy atom. The summed E-state index contributed by atoms with van der Waals surface area (Å²) in [6, 6.07) is 2.40. The van der Waals surface area contributed by atoms with Gasteiger partial charge in [-0.1, -0.05) is 43.1 Å². The zero-order valence-corrected chi connectivity index (χ0v) is 13.2. The molecule has 1 aromatic carbocycles. The van der Waals surface area contributed by atoms with Crippen molar-refractivity contribution < 1.29 is 14.4 Å². The predicted molar refractivity (Wildman–Crippen MR) is 80.6 cm³/mol. The number of carbonyl (C=O) groups is 3. The van der Waals surface area contributed by atoms with E-state index in [1.807, 2.05) is 0 Å². The lowest BCUT2D eigenvalue weighted by molar-refractivity contribution is -0.136. The maximum absolute atomic E-state index is 12.5. The van der Waals surface area contributed by atoms with Crippen molar-refractivity contribution in [3.8, 4) is 0 Å². The Morgan fingerprint density at radius 2 is 1.81 bits per heavy atom. The minimum absolute atomic E-state index is 0.110. The van der Waals surface area contributed by atoms with Crippen molar-refractivity contribution in [3.05, 3.63) is 27.7 Å². The Hall–Kier alpha value is -1.59. The number of carbonyl (C=O) groups excluding carboxylic acids is 3. The van der Waals surface area contributed by atoms with Gasteiger partial charge in [0.15, 0.2) is 0 Å². The Bertz CT molecular complexity index is 643. The summed E-state index contributed by atoms with van der Waals surface area (Å²) < 4.78 is 0. The van der Waals surface area contributed by atoms with Crippen LogP contribution >= 0.6 is 23.2 Å². The summed E-state index contributed by atoms with van der Waals surface area (Å²) in [5.74, 6) is -2.42. The van der Waals surface area contributed by atoms with Crippen LogP contribution in [0.5, 0.6) is 0 Å². The smallest absolute Gasteiger partial charge is 0.277 e. The molecule has 0 bridgehead atoms. The summed E-state index contributed by atoms with van der Waals surface area (Å²) in [6.45, 7) is 5.20. The molecule has 112 valence electrons. The van der Waals surface area contributed by atoms with Gasteiger partial charge >= 0.3 is 6.03 Å². The van der Waals surface area contributed by atoms with Gasteiger partial charge in [-0.15, -0.1) is 0 Å². The molecule has 21 heavy (non-hydrogen) atoms. The normalized spacial score (nSPS) is 19.2. The molecule has 1 aliphatic rings. The van der Waals surface area contributed by atoms with Gasteiger partial charge in [0.1, 0.15) is 5.92 Å². The lowest BCUT2D eigenvalue weighted by Crippen LogP contribution is -2.59. The van der Waals surface area contributed by atoms with Crippen molar-refractivity contribution >= 4 is 46.7 Å².